The van der Waals surface area contributed by atoms with Crippen molar-refractivity contribution in [3.63, 3.8) is 0 Å². The molecule has 0 saturated heterocycles. The fraction of sp³-hybridized carbons (Fsp3) is 0.533. The second-order valence-electron chi connectivity index (χ2n) is 6.08. The third-order valence-corrected chi connectivity index (χ3v) is 2.75. The topological polar surface area (TPSA) is 63.6 Å². The molecule has 1 rings (SSSR count). The highest BCUT2D eigenvalue weighted by Crippen LogP contribution is 2.32. The van der Waals surface area contributed by atoms with Gasteiger partial charge in [0.2, 0.25) is 0 Å². The largest absolute Gasteiger partial charge is 0.530 e. The minimum Gasteiger partial charge on any atom is -0.530 e. The first-order valence-corrected chi connectivity index (χ1v) is 6.50. The SMILES string of the molecule is CC(C)c1ccc(O)c([N+](C)(C)C)c1.CN(C)C(=O)[O-].I. The van der Waals surface area contributed by atoms with Crippen molar-refractivity contribution in [2.75, 3.05) is 35.2 Å². The minimum atomic E-state index is -1.16. The van der Waals surface area contributed by atoms with Gasteiger partial charge in [-0.1, -0.05) is 19.9 Å². The zero-order valence-electron chi connectivity index (χ0n) is 13.9. The Morgan fingerprint density at radius 1 is 1.24 bits per heavy atom. The Morgan fingerprint density at radius 3 is 1.95 bits per heavy atom. The molecular formula is C15H27IN2O3. The van der Waals surface area contributed by atoms with Gasteiger partial charge in [0.25, 0.3) is 0 Å². The van der Waals surface area contributed by atoms with Crippen molar-refractivity contribution >= 4 is 35.8 Å². The summed E-state index contributed by atoms with van der Waals surface area (Å²) in [7, 11) is 8.99. The van der Waals surface area contributed by atoms with Crippen LogP contribution in [-0.4, -0.2) is 51.3 Å². The van der Waals surface area contributed by atoms with E-state index in [1.54, 1.807) is 6.07 Å². The van der Waals surface area contributed by atoms with Crippen molar-refractivity contribution in [2.24, 2.45) is 0 Å². The highest BCUT2D eigenvalue weighted by Gasteiger charge is 2.18. The second kappa shape index (κ2) is 9.09. The van der Waals surface area contributed by atoms with Crippen molar-refractivity contribution in [3.8, 4) is 5.75 Å². The number of hydrogen-bond donors (Lipinski definition) is 1. The molecule has 0 aromatic heterocycles. The van der Waals surface area contributed by atoms with E-state index in [4.69, 9.17) is 0 Å². The van der Waals surface area contributed by atoms with E-state index in [-0.39, 0.29) is 24.0 Å². The highest BCUT2D eigenvalue weighted by molar-refractivity contribution is 14.0. The van der Waals surface area contributed by atoms with E-state index in [1.165, 1.54) is 19.7 Å². The Morgan fingerprint density at radius 2 is 1.67 bits per heavy atom. The molecule has 1 aromatic rings. The number of halogens is 1. The molecule has 0 aliphatic carbocycles. The lowest BCUT2D eigenvalue weighted by Crippen LogP contribution is -2.35. The Bertz CT molecular complexity index is 455. The standard InChI is InChI=1S/C12H19NO.C3H7NO2.HI/c1-9(2)10-6-7-12(14)11(8-10)13(3,4)5;1-4(2)3(5)6;/h6-9H,1-5H3;1-2H3,(H,5,6);1H. The van der Waals surface area contributed by atoms with Crippen LogP contribution in [0, 0.1) is 0 Å². The van der Waals surface area contributed by atoms with Crippen LogP contribution in [0.2, 0.25) is 0 Å². The van der Waals surface area contributed by atoms with Crippen LogP contribution in [0.1, 0.15) is 25.3 Å². The van der Waals surface area contributed by atoms with Crippen LogP contribution in [0.25, 0.3) is 0 Å². The van der Waals surface area contributed by atoms with Crippen LogP contribution < -0.4 is 9.59 Å². The Kier molecular flexibility index (Phi) is 9.64. The van der Waals surface area contributed by atoms with Gasteiger partial charge in [0.05, 0.1) is 21.1 Å². The number of phenolic OH excluding ortho intramolecular Hbond substituents is 1. The van der Waals surface area contributed by atoms with Crippen molar-refractivity contribution in [1.82, 2.24) is 9.38 Å². The number of rotatable bonds is 2. The quantitative estimate of drug-likeness (QED) is 0.601. The van der Waals surface area contributed by atoms with Crippen molar-refractivity contribution in [3.05, 3.63) is 23.8 Å². The monoisotopic (exact) mass is 410 g/mol. The number of carbonyl (C=O) groups excluding carboxylic acids is 1. The van der Waals surface area contributed by atoms with Gasteiger partial charge < -0.3 is 19.9 Å². The molecule has 1 aromatic carbocycles. The first-order valence-electron chi connectivity index (χ1n) is 6.50. The Balaban J connectivity index is 0. The van der Waals surface area contributed by atoms with Gasteiger partial charge in [-0.25, -0.2) is 0 Å². The summed E-state index contributed by atoms with van der Waals surface area (Å²) in [5.74, 6) is 0.878. The summed E-state index contributed by atoms with van der Waals surface area (Å²) in [5, 5.41) is 19.3. The second-order valence-corrected chi connectivity index (χ2v) is 6.08. The minimum absolute atomic E-state index is 0. The number of amides is 1. The third-order valence-electron chi connectivity index (χ3n) is 2.75. The molecule has 0 aliphatic heterocycles. The molecule has 0 unspecified atom stereocenters. The number of carboxylic acid groups (broad SMARTS) is 1. The lowest BCUT2D eigenvalue weighted by molar-refractivity contribution is -0.262. The Hall–Kier alpha value is -1.02. The van der Waals surface area contributed by atoms with Crippen LogP contribution in [0.5, 0.6) is 5.75 Å². The summed E-state index contributed by atoms with van der Waals surface area (Å²) in [6.07, 6.45) is -1.16. The molecule has 122 valence electrons. The fourth-order valence-electron chi connectivity index (χ4n) is 1.44. The number of aromatic hydroxyl groups is 1. The maximum Gasteiger partial charge on any atom is 0.177 e. The molecule has 5 nitrogen and oxygen atoms in total. The molecule has 1 amide bonds. The summed E-state index contributed by atoms with van der Waals surface area (Å²) in [5.41, 5.74) is 2.24. The molecule has 0 atom stereocenters. The van der Waals surface area contributed by atoms with E-state index in [0.29, 0.717) is 16.2 Å². The molecule has 0 fully saturated rings. The van der Waals surface area contributed by atoms with E-state index >= 15 is 0 Å². The van der Waals surface area contributed by atoms with Crippen molar-refractivity contribution in [1.29, 1.82) is 0 Å². The van der Waals surface area contributed by atoms with Crippen LogP contribution in [0.15, 0.2) is 18.2 Å². The first kappa shape index (κ1) is 22.3. The van der Waals surface area contributed by atoms with Crippen LogP contribution >= 0.6 is 24.0 Å². The molecule has 1 N–H and O–H groups in total. The number of hydrogen-bond acceptors (Lipinski definition) is 3. The fourth-order valence-corrected chi connectivity index (χ4v) is 1.44. The van der Waals surface area contributed by atoms with Crippen LogP contribution in [-0.2, 0) is 0 Å². The number of phenols is 1. The van der Waals surface area contributed by atoms with Crippen molar-refractivity contribution in [2.45, 2.75) is 19.8 Å². The first-order chi connectivity index (χ1) is 8.96. The normalized spacial score (nSPS) is 10.3. The molecule has 0 saturated carbocycles. The summed E-state index contributed by atoms with van der Waals surface area (Å²) >= 11 is 0. The third kappa shape index (κ3) is 8.11. The van der Waals surface area contributed by atoms with E-state index in [1.807, 2.05) is 6.07 Å². The van der Waals surface area contributed by atoms with Gasteiger partial charge in [0.1, 0.15) is 6.09 Å². The molecule has 0 spiro atoms. The van der Waals surface area contributed by atoms with Gasteiger partial charge in [0.15, 0.2) is 11.4 Å². The number of carbonyl (C=O) groups is 1. The van der Waals surface area contributed by atoms with E-state index in [0.717, 1.165) is 10.6 Å². The van der Waals surface area contributed by atoms with E-state index < -0.39 is 6.09 Å². The molecule has 6 heteroatoms. The smallest absolute Gasteiger partial charge is 0.177 e. The molecular weight excluding hydrogens is 383 g/mol. The Labute approximate surface area is 144 Å². The number of nitrogens with zero attached hydrogens (tertiary/aromatic N) is 2. The van der Waals surface area contributed by atoms with Gasteiger partial charge in [-0.3, -0.25) is 4.48 Å². The predicted octanol–water partition coefficient (Wildman–Crippen LogP) is 2.22. The average Bonchev–Trinajstić information content (AvgIpc) is 2.28. The maximum absolute atomic E-state index is 9.74. The molecule has 21 heavy (non-hydrogen) atoms. The zero-order chi connectivity index (χ0) is 16.1. The van der Waals surface area contributed by atoms with Crippen LogP contribution in [0.4, 0.5) is 10.5 Å². The maximum atomic E-state index is 9.74. The lowest BCUT2D eigenvalue weighted by Gasteiger charge is -2.25. The number of quaternary nitrogens is 1. The number of benzene rings is 1. The molecule has 0 bridgehead atoms. The molecule has 0 heterocycles. The molecule has 0 aliphatic rings. The summed E-state index contributed by atoms with van der Waals surface area (Å²) in [4.78, 5) is 10.5. The van der Waals surface area contributed by atoms with Gasteiger partial charge in [0, 0.05) is 20.2 Å². The van der Waals surface area contributed by atoms with E-state index in [2.05, 4.69) is 41.1 Å². The lowest BCUT2D eigenvalue weighted by atomic mass is 10.0. The average molecular weight is 410 g/mol. The van der Waals surface area contributed by atoms with E-state index in [9.17, 15) is 15.0 Å². The highest BCUT2D eigenvalue weighted by atomic mass is 127. The van der Waals surface area contributed by atoms with Crippen molar-refractivity contribution < 1.29 is 15.0 Å². The van der Waals surface area contributed by atoms with Gasteiger partial charge in [-0.2, -0.15) is 0 Å². The van der Waals surface area contributed by atoms with Gasteiger partial charge >= 0.3 is 0 Å². The van der Waals surface area contributed by atoms with Gasteiger partial charge in [-0.05, 0) is 17.5 Å². The predicted molar refractivity (Wildman–Crippen MR) is 96.3 cm³/mol. The van der Waals surface area contributed by atoms with Gasteiger partial charge in [-0.15, -0.1) is 24.0 Å². The van der Waals surface area contributed by atoms with Crippen LogP contribution in [0.3, 0.4) is 0 Å². The summed E-state index contributed by atoms with van der Waals surface area (Å²) in [6, 6.07) is 5.85. The summed E-state index contributed by atoms with van der Waals surface area (Å²) in [6.45, 7) is 4.32. The summed E-state index contributed by atoms with van der Waals surface area (Å²) < 4.78 is 0.645. The zero-order valence-corrected chi connectivity index (χ0v) is 16.2. The molecule has 0 radical (unpaired) electrons.